The van der Waals surface area contributed by atoms with Gasteiger partial charge in [-0.25, -0.2) is 4.98 Å². The Morgan fingerprint density at radius 2 is 1.71 bits per heavy atom. The number of nitrogens with zero attached hydrogens (tertiary/aromatic N) is 7. The molecule has 2 fully saturated rings. The van der Waals surface area contributed by atoms with Crippen LogP contribution in [0, 0.1) is 6.92 Å². The van der Waals surface area contributed by atoms with Crippen LogP contribution >= 0.6 is 0 Å². The fraction of sp³-hybridized carbons (Fsp3) is 0.480. The molecule has 0 spiro atoms. The van der Waals surface area contributed by atoms with E-state index in [9.17, 15) is 4.79 Å². The van der Waals surface area contributed by atoms with E-state index < -0.39 is 0 Å². The van der Waals surface area contributed by atoms with E-state index in [-0.39, 0.29) is 11.6 Å². The number of hydrogen-bond donors (Lipinski definition) is 2. The predicted octanol–water partition coefficient (Wildman–Crippen LogP) is 3.19. The highest BCUT2D eigenvalue weighted by molar-refractivity contribution is 5.75. The second-order valence-corrected chi connectivity index (χ2v) is 9.97. The minimum absolute atomic E-state index is 0.123. The largest absolute Gasteiger partial charge is 0.368 e. The standard InChI is InChI=1S/C25H31N9O/c1-15-13-32(14-16(2)27-15)19-10-8-18(9-11-19)28-25-26-12-21-22(29-25)34(20-6-4-5-7-20)24(35)23-31-30-17(3)33(21)23/h8-12,15-16,20,27H,4-7,13-14H2,1-3H3,(H,26,28,29). The van der Waals surface area contributed by atoms with E-state index >= 15 is 0 Å². The molecule has 2 aliphatic rings. The summed E-state index contributed by atoms with van der Waals surface area (Å²) in [5.41, 5.74) is 3.67. The number of anilines is 3. The van der Waals surface area contributed by atoms with E-state index in [1.54, 1.807) is 10.6 Å². The molecule has 2 unspecified atom stereocenters. The Morgan fingerprint density at radius 3 is 2.43 bits per heavy atom. The van der Waals surface area contributed by atoms with Gasteiger partial charge in [-0.2, -0.15) is 4.98 Å². The molecule has 2 atom stereocenters. The van der Waals surface area contributed by atoms with Crippen LogP contribution in [-0.2, 0) is 0 Å². The Labute approximate surface area is 203 Å². The summed E-state index contributed by atoms with van der Waals surface area (Å²) in [7, 11) is 0. The van der Waals surface area contributed by atoms with Gasteiger partial charge < -0.3 is 15.5 Å². The number of benzene rings is 1. The first-order valence-electron chi connectivity index (χ1n) is 12.5. The van der Waals surface area contributed by atoms with Crippen molar-refractivity contribution in [1.82, 2.24) is 34.4 Å². The predicted molar refractivity (Wildman–Crippen MR) is 137 cm³/mol. The molecule has 0 amide bonds. The fourth-order valence-electron chi connectivity index (χ4n) is 5.68. The van der Waals surface area contributed by atoms with E-state index in [0.29, 0.717) is 35.2 Å². The van der Waals surface area contributed by atoms with Gasteiger partial charge in [-0.05, 0) is 57.9 Å². The number of hydrogen-bond acceptors (Lipinski definition) is 8. The number of fused-ring (bicyclic) bond motifs is 3. The van der Waals surface area contributed by atoms with Crippen molar-refractivity contribution in [3.63, 3.8) is 0 Å². The molecule has 3 aromatic heterocycles. The van der Waals surface area contributed by atoms with Crippen molar-refractivity contribution in [2.45, 2.75) is 64.6 Å². The van der Waals surface area contributed by atoms with Crippen molar-refractivity contribution in [2.75, 3.05) is 23.3 Å². The van der Waals surface area contributed by atoms with Gasteiger partial charge in [0.1, 0.15) is 11.3 Å². The maximum absolute atomic E-state index is 13.4. The van der Waals surface area contributed by atoms with Crippen molar-refractivity contribution < 1.29 is 0 Å². The lowest BCUT2D eigenvalue weighted by Gasteiger charge is -2.37. The molecular formula is C25H31N9O. The van der Waals surface area contributed by atoms with Crippen LogP contribution in [-0.4, -0.2) is 54.3 Å². The van der Waals surface area contributed by atoms with Crippen LogP contribution in [0.15, 0.2) is 35.3 Å². The molecule has 0 radical (unpaired) electrons. The summed E-state index contributed by atoms with van der Waals surface area (Å²) in [4.78, 5) is 25.2. The Kier molecular flexibility index (Phi) is 5.40. The molecule has 35 heavy (non-hydrogen) atoms. The maximum Gasteiger partial charge on any atom is 0.298 e. The van der Waals surface area contributed by atoms with Crippen molar-refractivity contribution in [3.8, 4) is 0 Å². The van der Waals surface area contributed by atoms with Gasteiger partial charge in [0, 0.05) is 42.6 Å². The molecule has 2 N–H and O–H groups in total. The van der Waals surface area contributed by atoms with E-state index in [2.05, 4.69) is 68.8 Å². The SMILES string of the molecule is Cc1nnc2c(=O)n(C3CCCC3)c3nc(Nc4ccc(N5CC(C)NC(C)C5)cc4)ncc3n12. The highest BCUT2D eigenvalue weighted by Crippen LogP contribution is 2.31. The smallest absolute Gasteiger partial charge is 0.298 e. The van der Waals surface area contributed by atoms with Crippen molar-refractivity contribution in [1.29, 1.82) is 0 Å². The Balaban J connectivity index is 1.35. The number of aryl methyl sites for hydroxylation is 1. The molecule has 1 aliphatic heterocycles. The summed E-state index contributed by atoms with van der Waals surface area (Å²) >= 11 is 0. The van der Waals surface area contributed by atoms with Crippen LogP contribution in [0.1, 0.15) is 51.4 Å². The molecule has 1 aliphatic carbocycles. The fourth-order valence-corrected chi connectivity index (χ4v) is 5.68. The molecular weight excluding hydrogens is 442 g/mol. The quantitative estimate of drug-likeness (QED) is 0.466. The molecule has 6 rings (SSSR count). The second-order valence-electron chi connectivity index (χ2n) is 9.97. The Hall–Kier alpha value is -3.53. The van der Waals surface area contributed by atoms with Gasteiger partial charge in [0.15, 0.2) is 5.65 Å². The molecule has 10 nitrogen and oxygen atoms in total. The van der Waals surface area contributed by atoms with E-state index in [1.807, 2.05) is 11.5 Å². The monoisotopic (exact) mass is 473 g/mol. The third-order valence-electron chi connectivity index (χ3n) is 7.19. The van der Waals surface area contributed by atoms with Gasteiger partial charge in [0.25, 0.3) is 5.56 Å². The first-order valence-corrected chi connectivity index (χ1v) is 12.5. The first kappa shape index (κ1) is 22.0. The minimum atomic E-state index is -0.140. The Morgan fingerprint density at radius 1 is 1.00 bits per heavy atom. The van der Waals surface area contributed by atoms with Crippen LogP contribution in [0.4, 0.5) is 17.3 Å². The van der Waals surface area contributed by atoms with Crippen LogP contribution in [0.25, 0.3) is 16.8 Å². The first-order chi connectivity index (χ1) is 17.0. The highest BCUT2D eigenvalue weighted by atomic mass is 16.1. The van der Waals surface area contributed by atoms with Gasteiger partial charge in [-0.3, -0.25) is 13.8 Å². The van der Waals surface area contributed by atoms with E-state index in [4.69, 9.17) is 4.98 Å². The summed E-state index contributed by atoms with van der Waals surface area (Å²) in [6, 6.07) is 9.41. The van der Waals surface area contributed by atoms with Crippen molar-refractivity contribution in [2.24, 2.45) is 0 Å². The highest BCUT2D eigenvalue weighted by Gasteiger charge is 2.25. The topological polar surface area (TPSA) is 105 Å². The van der Waals surface area contributed by atoms with Gasteiger partial charge in [-0.1, -0.05) is 12.8 Å². The number of nitrogens with one attached hydrogen (secondary N) is 2. The zero-order valence-electron chi connectivity index (χ0n) is 20.4. The molecule has 0 bridgehead atoms. The maximum atomic E-state index is 13.4. The van der Waals surface area contributed by atoms with Crippen LogP contribution < -0.4 is 21.1 Å². The third kappa shape index (κ3) is 3.91. The molecule has 10 heteroatoms. The summed E-state index contributed by atoms with van der Waals surface area (Å²) < 4.78 is 3.58. The molecule has 182 valence electrons. The lowest BCUT2D eigenvalue weighted by Crippen LogP contribution is -2.54. The van der Waals surface area contributed by atoms with Crippen LogP contribution in [0.3, 0.4) is 0 Å². The zero-order chi connectivity index (χ0) is 24.1. The zero-order valence-corrected chi connectivity index (χ0v) is 20.4. The molecule has 4 heterocycles. The van der Waals surface area contributed by atoms with Crippen molar-refractivity contribution >= 4 is 34.1 Å². The van der Waals surface area contributed by atoms with Gasteiger partial charge >= 0.3 is 0 Å². The molecule has 1 saturated heterocycles. The molecule has 1 saturated carbocycles. The number of aromatic nitrogens is 6. The lowest BCUT2D eigenvalue weighted by molar-refractivity contribution is 0.407. The normalized spacial score (nSPS) is 21.3. The second kappa shape index (κ2) is 8.60. The third-order valence-corrected chi connectivity index (χ3v) is 7.19. The van der Waals surface area contributed by atoms with Crippen LogP contribution in [0.2, 0.25) is 0 Å². The lowest BCUT2D eigenvalue weighted by atomic mass is 10.1. The number of rotatable bonds is 4. The minimum Gasteiger partial charge on any atom is -0.368 e. The number of piperazine rings is 1. The molecule has 1 aromatic carbocycles. The average molecular weight is 474 g/mol. The van der Waals surface area contributed by atoms with Crippen LogP contribution in [0.5, 0.6) is 0 Å². The molecule has 4 aromatic rings. The van der Waals surface area contributed by atoms with Gasteiger partial charge in [-0.15, -0.1) is 10.2 Å². The summed E-state index contributed by atoms with van der Waals surface area (Å²) in [6.45, 7) is 8.25. The summed E-state index contributed by atoms with van der Waals surface area (Å²) in [5, 5.41) is 15.2. The average Bonchev–Trinajstić information content (AvgIpc) is 3.50. The van der Waals surface area contributed by atoms with E-state index in [0.717, 1.165) is 50.0 Å². The van der Waals surface area contributed by atoms with Gasteiger partial charge in [0.2, 0.25) is 11.6 Å². The summed E-state index contributed by atoms with van der Waals surface area (Å²) in [5.74, 6) is 1.11. The summed E-state index contributed by atoms with van der Waals surface area (Å²) in [6.07, 6.45) is 5.92. The van der Waals surface area contributed by atoms with Gasteiger partial charge in [0.05, 0.1) is 6.20 Å². The Bertz CT molecular complexity index is 1430. The van der Waals surface area contributed by atoms with E-state index in [1.165, 1.54) is 5.69 Å². The van der Waals surface area contributed by atoms with Crippen molar-refractivity contribution in [3.05, 3.63) is 46.6 Å².